The third kappa shape index (κ3) is 6.92. The van der Waals surface area contributed by atoms with Gasteiger partial charge in [-0.3, -0.25) is 4.79 Å². The van der Waals surface area contributed by atoms with Crippen LogP contribution in [0.5, 0.6) is 11.6 Å². The molecule has 0 saturated heterocycles. The van der Waals surface area contributed by atoms with Crippen LogP contribution < -0.4 is 14.2 Å². The Balaban J connectivity index is 0.00000294. The number of aromatic nitrogens is 2. The Bertz CT molecular complexity index is 1460. The summed E-state index contributed by atoms with van der Waals surface area (Å²) in [5, 5.41) is -0.269. The molecular formula is C29H38FN3O5S. The summed E-state index contributed by atoms with van der Waals surface area (Å²) in [6.07, 6.45) is 1.70. The predicted octanol–water partition coefficient (Wildman–Crippen LogP) is 6.05. The number of benzene rings is 1. The Morgan fingerprint density at radius 1 is 1.10 bits per heavy atom. The van der Waals surface area contributed by atoms with E-state index in [0.717, 1.165) is 12.8 Å². The lowest BCUT2D eigenvalue weighted by atomic mass is 10.0. The highest BCUT2D eigenvalue weighted by atomic mass is 32.2. The van der Waals surface area contributed by atoms with Crippen molar-refractivity contribution in [2.24, 2.45) is 17.8 Å². The van der Waals surface area contributed by atoms with Crippen LogP contribution in [0.15, 0.2) is 53.6 Å². The summed E-state index contributed by atoms with van der Waals surface area (Å²) in [4.78, 5) is 21.9. The molecule has 2 atom stereocenters. The number of halogens is 1. The van der Waals surface area contributed by atoms with Gasteiger partial charge in [-0.25, -0.2) is 19.1 Å². The van der Waals surface area contributed by atoms with E-state index in [2.05, 4.69) is 28.5 Å². The summed E-state index contributed by atoms with van der Waals surface area (Å²) in [6.45, 7) is 10.2. The minimum atomic E-state index is -4.24. The highest BCUT2D eigenvalue weighted by Crippen LogP contribution is 2.35. The molecular weight excluding hydrogens is 521 g/mol. The molecule has 39 heavy (non-hydrogen) atoms. The molecule has 2 aromatic heterocycles. The Morgan fingerprint density at radius 2 is 1.82 bits per heavy atom. The lowest BCUT2D eigenvalue weighted by Crippen LogP contribution is -2.33. The number of hydrogen-bond donors (Lipinski definition) is 1. The molecule has 1 saturated carbocycles. The van der Waals surface area contributed by atoms with Gasteiger partial charge in [0.15, 0.2) is 5.03 Å². The van der Waals surface area contributed by atoms with Gasteiger partial charge in [-0.15, -0.1) is 0 Å². The van der Waals surface area contributed by atoms with Crippen molar-refractivity contribution in [2.45, 2.75) is 58.6 Å². The fourth-order valence-electron chi connectivity index (χ4n) is 4.59. The summed E-state index contributed by atoms with van der Waals surface area (Å²) in [7, 11) is -4.24. The third-order valence-corrected chi connectivity index (χ3v) is 7.90. The van der Waals surface area contributed by atoms with Crippen LogP contribution in [0.25, 0.3) is 11.3 Å². The number of rotatable bonds is 9. The van der Waals surface area contributed by atoms with E-state index in [4.69, 9.17) is 9.47 Å². The molecule has 4 rings (SSSR count). The molecule has 1 fully saturated rings. The molecule has 0 radical (unpaired) electrons. The first kappa shape index (κ1) is 28.5. The SMILES string of the molecule is Cc1cccc(S(=O)(=O)NC(=O)c2ccc(-c3cc(F)cc(OCC(C)C)c3)nc2OC2C(C)CCC2C)n1.[HH].[HH]. The molecule has 212 valence electrons. The smallest absolute Gasteiger partial charge is 0.281 e. The van der Waals surface area contributed by atoms with Crippen LogP contribution in [0.4, 0.5) is 4.39 Å². The van der Waals surface area contributed by atoms with Crippen molar-refractivity contribution >= 4 is 15.9 Å². The van der Waals surface area contributed by atoms with Crippen molar-refractivity contribution < 1.29 is 29.9 Å². The largest absolute Gasteiger partial charge is 0.493 e. The number of carbonyl (C=O) groups excluding carboxylic acids is 1. The summed E-state index contributed by atoms with van der Waals surface area (Å²) < 4.78 is 54.3. The highest BCUT2D eigenvalue weighted by molar-refractivity contribution is 7.90. The maximum absolute atomic E-state index is 14.5. The van der Waals surface area contributed by atoms with E-state index in [-0.39, 0.29) is 43.2 Å². The number of carbonyl (C=O) groups is 1. The molecule has 1 N–H and O–H groups in total. The Kier molecular flexibility index (Phi) is 8.54. The van der Waals surface area contributed by atoms with E-state index in [1.807, 2.05) is 13.8 Å². The minimum absolute atomic E-state index is 0. The molecule has 2 unspecified atom stereocenters. The van der Waals surface area contributed by atoms with Gasteiger partial charge in [0.1, 0.15) is 23.2 Å². The first-order valence-electron chi connectivity index (χ1n) is 13.0. The van der Waals surface area contributed by atoms with Gasteiger partial charge in [-0.2, -0.15) is 8.42 Å². The second-order valence-corrected chi connectivity index (χ2v) is 12.2. The van der Waals surface area contributed by atoms with Crippen molar-refractivity contribution in [2.75, 3.05) is 6.61 Å². The number of sulfonamides is 1. The van der Waals surface area contributed by atoms with Gasteiger partial charge in [0, 0.05) is 20.2 Å². The molecule has 10 heteroatoms. The van der Waals surface area contributed by atoms with Gasteiger partial charge in [0.25, 0.3) is 15.9 Å². The predicted molar refractivity (Wildman–Crippen MR) is 150 cm³/mol. The van der Waals surface area contributed by atoms with Crippen molar-refractivity contribution in [3.63, 3.8) is 0 Å². The standard InChI is InChI=1S/C29H34FN3O5S.2H2/c1-17(2)16-37-23-14-21(13-22(30)15-23)25-12-11-24(29(32-25)38-27-18(3)9-10-19(27)4)28(34)33-39(35,36)26-8-6-7-20(5)31-26;;/h6-8,11-15,17-19,27H,9-10,16H2,1-5H3,(H,33,34);2*1H. The van der Waals surface area contributed by atoms with Crippen LogP contribution in [0.2, 0.25) is 0 Å². The van der Waals surface area contributed by atoms with Crippen molar-refractivity contribution in [1.82, 2.24) is 14.7 Å². The van der Waals surface area contributed by atoms with E-state index in [9.17, 15) is 17.6 Å². The summed E-state index contributed by atoms with van der Waals surface area (Å²) in [5.41, 5.74) is 1.25. The lowest BCUT2D eigenvalue weighted by molar-refractivity contribution is 0.0954. The van der Waals surface area contributed by atoms with Gasteiger partial charge >= 0.3 is 0 Å². The van der Waals surface area contributed by atoms with Gasteiger partial charge in [-0.05, 0) is 73.9 Å². The first-order valence-corrected chi connectivity index (χ1v) is 14.5. The van der Waals surface area contributed by atoms with Crippen LogP contribution in [0.3, 0.4) is 0 Å². The summed E-state index contributed by atoms with van der Waals surface area (Å²) in [5.74, 6) is -0.359. The monoisotopic (exact) mass is 559 g/mol. The average Bonchev–Trinajstić information content (AvgIpc) is 3.19. The number of hydrogen-bond acceptors (Lipinski definition) is 7. The minimum Gasteiger partial charge on any atom is -0.493 e. The van der Waals surface area contributed by atoms with Crippen molar-refractivity contribution in [3.8, 4) is 22.9 Å². The number of nitrogens with zero attached hydrogens (tertiary/aromatic N) is 2. The third-order valence-electron chi connectivity index (χ3n) is 6.67. The zero-order valence-electron chi connectivity index (χ0n) is 22.8. The number of ether oxygens (including phenoxy) is 2. The van der Waals surface area contributed by atoms with Gasteiger partial charge in [-0.1, -0.05) is 33.8 Å². The molecule has 1 aliphatic rings. The van der Waals surface area contributed by atoms with Crippen molar-refractivity contribution in [3.05, 3.63) is 65.6 Å². The molecule has 0 bridgehead atoms. The van der Waals surface area contributed by atoms with Crippen LogP contribution >= 0.6 is 0 Å². The Morgan fingerprint density at radius 3 is 2.49 bits per heavy atom. The van der Waals surface area contributed by atoms with E-state index in [0.29, 0.717) is 29.3 Å². The van der Waals surface area contributed by atoms with Crippen LogP contribution in [-0.4, -0.2) is 37.0 Å². The van der Waals surface area contributed by atoms with Gasteiger partial charge < -0.3 is 9.47 Å². The lowest BCUT2D eigenvalue weighted by Gasteiger charge is -2.23. The molecule has 8 nitrogen and oxygen atoms in total. The zero-order chi connectivity index (χ0) is 28.3. The van der Waals surface area contributed by atoms with E-state index in [1.165, 1.54) is 30.3 Å². The van der Waals surface area contributed by atoms with Gasteiger partial charge in [0.05, 0.1) is 12.3 Å². The second-order valence-electron chi connectivity index (χ2n) is 10.6. The quantitative estimate of drug-likeness (QED) is 0.340. The van der Waals surface area contributed by atoms with Crippen LogP contribution in [0.1, 0.15) is 59.4 Å². The highest BCUT2D eigenvalue weighted by Gasteiger charge is 2.34. The fourth-order valence-corrected chi connectivity index (χ4v) is 5.57. The number of pyridine rings is 2. The van der Waals surface area contributed by atoms with Crippen LogP contribution in [0, 0.1) is 30.5 Å². The first-order chi connectivity index (χ1) is 18.4. The van der Waals surface area contributed by atoms with E-state index < -0.39 is 21.7 Å². The molecule has 3 aromatic rings. The Hall–Kier alpha value is -3.53. The zero-order valence-corrected chi connectivity index (χ0v) is 23.6. The maximum Gasteiger partial charge on any atom is 0.281 e. The fraction of sp³-hybridized carbons (Fsp3) is 0.414. The topological polar surface area (TPSA) is 107 Å². The Labute approximate surface area is 232 Å². The van der Waals surface area contributed by atoms with Crippen LogP contribution in [-0.2, 0) is 10.0 Å². The second kappa shape index (κ2) is 11.7. The van der Waals surface area contributed by atoms with Crippen molar-refractivity contribution in [1.29, 1.82) is 0 Å². The number of amides is 1. The summed E-state index contributed by atoms with van der Waals surface area (Å²) in [6, 6.07) is 11.8. The summed E-state index contributed by atoms with van der Waals surface area (Å²) >= 11 is 0. The molecule has 1 amide bonds. The maximum atomic E-state index is 14.5. The van der Waals surface area contributed by atoms with E-state index in [1.54, 1.807) is 25.1 Å². The average molecular weight is 560 g/mol. The molecule has 0 spiro atoms. The number of aryl methyl sites for hydroxylation is 1. The molecule has 0 aliphatic heterocycles. The number of nitrogens with one attached hydrogen (secondary N) is 1. The molecule has 2 heterocycles. The van der Waals surface area contributed by atoms with Gasteiger partial charge in [0.2, 0.25) is 5.88 Å². The molecule has 1 aromatic carbocycles. The van der Waals surface area contributed by atoms with E-state index >= 15 is 0 Å². The molecule has 1 aliphatic carbocycles. The normalized spacial score (nSPS) is 19.2.